The van der Waals surface area contributed by atoms with Gasteiger partial charge >= 0.3 is 7.60 Å². The standard InChI is InChI=1S/C20H23FN3O5PS/c1-3-19(30(26,27)29-4-2)24-18(25)12-28-13-9-10-15(14(21)11-13)22-20-23-16-7-5-6-8-17(16)31-20/h5-11,19H,3-4,12H2,1-2H3,(H,22,23)(H,24,25)(H,26,27). The third kappa shape index (κ3) is 6.01. The smallest absolute Gasteiger partial charge is 0.350 e. The number of rotatable bonds is 10. The molecule has 2 unspecified atom stereocenters. The Balaban J connectivity index is 1.58. The number of amides is 1. The van der Waals surface area contributed by atoms with Crippen LogP contribution in [0.15, 0.2) is 42.5 Å². The zero-order chi connectivity index (χ0) is 22.4. The van der Waals surface area contributed by atoms with E-state index in [0.29, 0.717) is 5.13 Å². The first-order valence-electron chi connectivity index (χ1n) is 9.63. The Morgan fingerprint density at radius 3 is 2.74 bits per heavy atom. The van der Waals surface area contributed by atoms with Crippen LogP contribution in [0.2, 0.25) is 0 Å². The largest absolute Gasteiger partial charge is 0.484 e. The van der Waals surface area contributed by atoms with E-state index in [1.807, 2.05) is 24.3 Å². The molecule has 1 heterocycles. The van der Waals surface area contributed by atoms with Crippen molar-refractivity contribution in [2.45, 2.75) is 26.1 Å². The van der Waals surface area contributed by atoms with Crippen molar-refractivity contribution in [3.8, 4) is 5.75 Å². The molecule has 0 saturated carbocycles. The summed E-state index contributed by atoms with van der Waals surface area (Å²) >= 11 is 1.41. The molecule has 166 valence electrons. The lowest BCUT2D eigenvalue weighted by molar-refractivity contribution is -0.123. The first-order valence-corrected chi connectivity index (χ1v) is 12.1. The number of benzene rings is 2. The fraction of sp³-hybridized carbons (Fsp3) is 0.300. The van der Waals surface area contributed by atoms with E-state index in [0.717, 1.165) is 16.3 Å². The van der Waals surface area contributed by atoms with Crippen molar-refractivity contribution >= 4 is 45.9 Å². The summed E-state index contributed by atoms with van der Waals surface area (Å²) in [5.41, 5.74) is 1.04. The third-order valence-corrected chi connectivity index (χ3v) is 7.13. The van der Waals surface area contributed by atoms with Gasteiger partial charge in [-0.15, -0.1) is 0 Å². The Hall–Kier alpha value is -2.52. The summed E-state index contributed by atoms with van der Waals surface area (Å²) in [6, 6.07) is 11.8. The molecule has 0 saturated heterocycles. The molecule has 1 aromatic heterocycles. The number of carbonyl (C=O) groups is 1. The Morgan fingerprint density at radius 1 is 1.29 bits per heavy atom. The number of para-hydroxylation sites is 1. The molecule has 0 radical (unpaired) electrons. The Bertz CT molecular complexity index is 1080. The number of aromatic nitrogens is 1. The van der Waals surface area contributed by atoms with Crippen molar-refractivity contribution in [3.05, 3.63) is 48.3 Å². The highest BCUT2D eigenvalue weighted by Crippen LogP contribution is 2.47. The van der Waals surface area contributed by atoms with Crippen LogP contribution in [0.4, 0.5) is 15.2 Å². The van der Waals surface area contributed by atoms with Crippen LogP contribution in [0.5, 0.6) is 5.75 Å². The number of ether oxygens (including phenoxy) is 1. The van der Waals surface area contributed by atoms with Gasteiger partial charge in [0, 0.05) is 6.07 Å². The lowest BCUT2D eigenvalue weighted by atomic mass is 10.3. The number of carbonyl (C=O) groups excluding carboxylic acids is 1. The SMILES string of the molecule is CCOP(=O)(O)C(CC)NC(=O)COc1ccc(Nc2nc3ccccc3s2)c(F)c1. The second-order valence-electron chi connectivity index (χ2n) is 6.52. The summed E-state index contributed by atoms with van der Waals surface area (Å²) in [5, 5.41) is 5.92. The average Bonchev–Trinajstić information content (AvgIpc) is 3.14. The summed E-state index contributed by atoms with van der Waals surface area (Å²) in [4.78, 5) is 26.3. The molecule has 11 heteroatoms. The van der Waals surface area contributed by atoms with Crippen LogP contribution in [0.1, 0.15) is 20.3 Å². The number of fused-ring (bicyclic) bond motifs is 1. The molecule has 0 aliphatic rings. The van der Waals surface area contributed by atoms with Crippen LogP contribution in [0, 0.1) is 5.82 Å². The first kappa shape index (κ1) is 23.1. The molecule has 8 nitrogen and oxygen atoms in total. The van der Waals surface area contributed by atoms with Gasteiger partial charge in [0.25, 0.3) is 5.91 Å². The number of anilines is 2. The van der Waals surface area contributed by atoms with Crippen molar-refractivity contribution in [1.29, 1.82) is 0 Å². The van der Waals surface area contributed by atoms with E-state index < -0.39 is 31.7 Å². The zero-order valence-corrected chi connectivity index (χ0v) is 18.7. The van der Waals surface area contributed by atoms with Crippen LogP contribution in [-0.2, 0) is 13.9 Å². The van der Waals surface area contributed by atoms with Crippen molar-refractivity contribution in [2.75, 3.05) is 18.5 Å². The van der Waals surface area contributed by atoms with Crippen LogP contribution in [-0.4, -0.2) is 34.8 Å². The number of halogens is 1. The summed E-state index contributed by atoms with van der Waals surface area (Å²) in [6.45, 7) is 2.85. The molecule has 2 atom stereocenters. The topological polar surface area (TPSA) is 110 Å². The summed E-state index contributed by atoms with van der Waals surface area (Å²) in [6.07, 6.45) is 0.209. The molecule has 31 heavy (non-hydrogen) atoms. The van der Waals surface area contributed by atoms with E-state index in [1.165, 1.54) is 23.5 Å². The van der Waals surface area contributed by atoms with Gasteiger partial charge in [-0.1, -0.05) is 30.4 Å². The molecular formula is C20H23FN3O5PS. The van der Waals surface area contributed by atoms with E-state index in [9.17, 15) is 18.6 Å². The molecule has 3 aromatic rings. The fourth-order valence-corrected chi connectivity index (χ4v) is 4.99. The summed E-state index contributed by atoms with van der Waals surface area (Å²) in [7, 11) is -3.97. The van der Waals surface area contributed by atoms with Crippen molar-refractivity contribution in [1.82, 2.24) is 10.3 Å². The van der Waals surface area contributed by atoms with E-state index in [4.69, 9.17) is 9.26 Å². The van der Waals surface area contributed by atoms with Crippen LogP contribution in [0.3, 0.4) is 0 Å². The second kappa shape index (κ2) is 10.2. The molecule has 0 aliphatic heterocycles. The lowest BCUT2D eigenvalue weighted by Crippen LogP contribution is -2.37. The van der Waals surface area contributed by atoms with Crippen LogP contribution >= 0.6 is 18.9 Å². The monoisotopic (exact) mass is 467 g/mol. The molecule has 3 rings (SSSR count). The first-order chi connectivity index (χ1) is 14.8. The molecule has 3 N–H and O–H groups in total. The molecule has 2 aromatic carbocycles. The van der Waals surface area contributed by atoms with Gasteiger partial charge < -0.3 is 24.8 Å². The van der Waals surface area contributed by atoms with Gasteiger partial charge in [-0.25, -0.2) is 9.37 Å². The Morgan fingerprint density at radius 2 is 2.06 bits per heavy atom. The maximum Gasteiger partial charge on any atom is 0.350 e. The molecule has 1 amide bonds. The van der Waals surface area contributed by atoms with Crippen molar-refractivity contribution < 1.29 is 27.9 Å². The molecule has 0 bridgehead atoms. The third-order valence-electron chi connectivity index (χ3n) is 4.27. The highest BCUT2D eigenvalue weighted by molar-refractivity contribution is 7.53. The number of nitrogens with one attached hydrogen (secondary N) is 2. The predicted molar refractivity (Wildman–Crippen MR) is 118 cm³/mol. The molecular weight excluding hydrogens is 444 g/mol. The van der Waals surface area contributed by atoms with Gasteiger partial charge in [-0.3, -0.25) is 9.36 Å². The van der Waals surface area contributed by atoms with E-state index >= 15 is 0 Å². The average molecular weight is 467 g/mol. The second-order valence-corrected chi connectivity index (χ2v) is 9.56. The molecule has 0 aliphatic carbocycles. The fourth-order valence-electron chi connectivity index (χ4n) is 2.79. The Kier molecular flexibility index (Phi) is 7.61. The minimum atomic E-state index is -3.97. The van der Waals surface area contributed by atoms with Gasteiger partial charge in [-0.05, 0) is 37.6 Å². The van der Waals surface area contributed by atoms with Gasteiger partial charge in [0.2, 0.25) is 0 Å². The highest BCUT2D eigenvalue weighted by Gasteiger charge is 2.32. The number of hydrogen-bond acceptors (Lipinski definition) is 7. The van der Waals surface area contributed by atoms with E-state index in [-0.39, 0.29) is 24.5 Å². The lowest BCUT2D eigenvalue weighted by Gasteiger charge is -2.22. The minimum Gasteiger partial charge on any atom is -0.484 e. The quantitative estimate of drug-likeness (QED) is 0.373. The maximum absolute atomic E-state index is 14.5. The maximum atomic E-state index is 14.5. The van der Waals surface area contributed by atoms with Crippen molar-refractivity contribution in [2.24, 2.45) is 0 Å². The zero-order valence-electron chi connectivity index (χ0n) is 17.0. The summed E-state index contributed by atoms with van der Waals surface area (Å²) < 4.78 is 37.7. The summed E-state index contributed by atoms with van der Waals surface area (Å²) in [5.74, 6) is -2.08. The number of thiazole rings is 1. The molecule has 0 spiro atoms. The molecule has 0 fully saturated rings. The van der Waals surface area contributed by atoms with Crippen LogP contribution in [0.25, 0.3) is 10.2 Å². The van der Waals surface area contributed by atoms with E-state index in [2.05, 4.69) is 15.6 Å². The van der Waals surface area contributed by atoms with Crippen LogP contribution < -0.4 is 15.4 Å². The van der Waals surface area contributed by atoms with E-state index in [1.54, 1.807) is 13.8 Å². The predicted octanol–water partition coefficient (Wildman–Crippen LogP) is 4.63. The van der Waals surface area contributed by atoms with Gasteiger partial charge in [0.15, 0.2) is 11.7 Å². The van der Waals surface area contributed by atoms with Gasteiger partial charge in [-0.2, -0.15) is 0 Å². The number of nitrogens with zero attached hydrogens (tertiary/aromatic N) is 1. The van der Waals surface area contributed by atoms with Gasteiger partial charge in [0.05, 0.1) is 22.5 Å². The minimum absolute atomic E-state index is 0.0489. The van der Waals surface area contributed by atoms with Crippen molar-refractivity contribution in [3.63, 3.8) is 0 Å². The van der Waals surface area contributed by atoms with Gasteiger partial charge in [0.1, 0.15) is 17.3 Å². The normalized spacial score (nSPS) is 14.1. The highest BCUT2D eigenvalue weighted by atomic mass is 32.1. The Labute approximate surface area is 182 Å². The number of hydrogen-bond donors (Lipinski definition) is 3.